The van der Waals surface area contributed by atoms with Crippen molar-refractivity contribution >= 4 is 5.82 Å². The van der Waals surface area contributed by atoms with Gasteiger partial charge in [-0.25, -0.2) is 9.97 Å². The molecule has 84 valence electrons. The lowest BCUT2D eigenvalue weighted by Crippen LogP contribution is -2.06. The van der Waals surface area contributed by atoms with Gasteiger partial charge >= 0.3 is 0 Å². The van der Waals surface area contributed by atoms with Gasteiger partial charge in [0.15, 0.2) is 5.82 Å². The molecule has 1 N–H and O–H groups in total. The highest BCUT2D eigenvalue weighted by Crippen LogP contribution is 2.09. The van der Waals surface area contributed by atoms with E-state index >= 15 is 0 Å². The van der Waals surface area contributed by atoms with Crippen molar-refractivity contribution in [2.24, 2.45) is 0 Å². The van der Waals surface area contributed by atoms with Crippen LogP contribution in [0, 0.1) is 0 Å². The molecule has 0 aromatic carbocycles. The molecule has 0 unspecified atom stereocenters. The van der Waals surface area contributed by atoms with E-state index < -0.39 is 0 Å². The average Bonchev–Trinajstić information content (AvgIpc) is 2.19. The average molecular weight is 209 g/mol. The number of aryl methyl sites for hydroxylation is 1. The predicted octanol–water partition coefficient (Wildman–Crippen LogP) is 2.01. The number of methoxy groups -OCH3 is 1. The summed E-state index contributed by atoms with van der Waals surface area (Å²) in [6.07, 6.45) is 2.08. The fourth-order valence-electron chi connectivity index (χ4n) is 1.40. The number of rotatable bonds is 6. The second kappa shape index (κ2) is 6.35. The Labute approximate surface area is 91.1 Å². The quantitative estimate of drug-likeness (QED) is 0.778. The van der Waals surface area contributed by atoms with E-state index in [1.165, 1.54) is 0 Å². The van der Waals surface area contributed by atoms with Gasteiger partial charge in [0.25, 0.3) is 0 Å². The zero-order valence-electron chi connectivity index (χ0n) is 9.71. The first-order valence-electron chi connectivity index (χ1n) is 5.39. The third-order valence-electron chi connectivity index (χ3n) is 1.96. The molecule has 0 atom stereocenters. The maximum Gasteiger partial charge on any atom is 0.156 e. The van der Waals surface area contributed by atoms with E-state index in [9.17, 15) is 0 Å². The third kappa shape index (κ3) is 3.83. The maximum absolute atomic E-state index is 5.04. The number of nitrogens with zero attached hydrogens (tertiary/aromatic N) is 2. The number of nitrogens with one attached hydrogen (secondary N) is 1. The molecule has 0 saturated carbocycles. The Balaban J connectivity index is 2.86. The van der Waals surface area contributed by atoms with Gasteiger partial charge in [0.2, 0.25) is 0 Å². The predicted molar refractivity (Wildman–Crippen MR) is 60.9 cm³/mol. The van der Waals surface area contributed by atoms with Gasteiger partial charge in [-0.1, -0.05) is 13.3 Å². The molecule has 0 bridgehead atoms. The molecule has 15 heavy (non-hydrogen) atoms. The van der Waals surface area contributed by atoms with Crippen LogP contribution in [-0.2, 0) is 17.8 Å². The highest BCUT2D eigenvalue weighted by Gasteiger charge is 2.03. The Hall–Kier alpha value is -1.16. The summed E-state index contributed by atoms with van der Waals surface area (Å²) in [5, 5.41) is 3.20. The zero-order valence-corrected chi connectivity index (χ0v) is 9.71. The molecule has 0 aliphatic carbocycles. The Bertz CT molecular complexity index is 242. The van der Waals surface area contributed by atoms with E-state index in [4.69, 9.17) is 4.74 Å². The monoisotopic (exact) mass is 209 g/mol. The van der Waals surface area contributed by atoms with E-state index in [0.717, 1.165) is 36.7 Å². The lowest BCUT2D eigenvalue weighted by molar-refractivity contribution is 0.177. The highest BCUT2D eigenvalue weighted by molar-refractivity contribution is 5.35. The summed E-state index contributed by atoms with van der Waals surface area (Å²) >= 11 is 0. The topological polar surface area (TPSA) is 47.0 Å². The second-order valence-electron chi connectivity index (χ2n) is 3.37. The van der Waals surface area contributed by atoms with Crippen LogP contribution in [0.2, 0.25) is 0 Å². The SMILES string of the molecule is CCCc1cc(NCC)nc(COC)n1. The first-order valence-corrected chi connectivity index (χ1v) is 5.39. The summed E-state index contributed by atoms with van der Waals surface area (Å²) in [5.41, 5.74) is 1.08. The minimum atomic E-state index is 0.468. The molecule has 1 heterocycles. The van der Waals surface area contributed by atoms with Crippen LogP contribution in [0.4, 0.5) is 5.82 Å². The summed E-state index contributed by atoms with van der Waals surface area (Å²) in [6, 6.07) is 2.01. The van der Waals surface area contributed by atoms with Gasteiger partial charge in [-0.3, -0.25) is 0 Å². The van der Waals surface area contributed by atoms with Crippen molar-refractivity contribution in [1.29, 1.82) is 0 Å². The van der Waals surface area contributed by atoms with Gasteiger partial charge in [0.05, 0.1) is 0 Å². The number of hydrogen-bond donors (Lipinski definition) is 1. The largest absolute Gasteiger partial charge is 0.377 e. The fraction of sp³-hybridized carbons (Fsp3) is 0.636. The maximum atomic E-state index is 5.04. The summed E-state index contributed by atoms with van der Waals surface area (Å²) in [7, 11) is 1.66. The van der Waals surface area contributed by atoms with E-state index in [1.54, 1.807) is 7.11 Å². The van der Waals surface area contributed by atoms with Crippen LogP contribution in [0.25, 0.3) is 0 Å². The zero-order chi connectivity index (χ0) is 11.1. The van der Waals surface area contributed by atoms with Gasteiger partial charge in [-0.05, 0) is 13.3 Å². The summed E-state index contributed by atoms with van der Waals surface area (Å²) < 4.78 is 5.04. The molecule has 0 amide bonds. The van der Waals surface area contributed by atoms with Crippen molar-refractivity contribution < 1.29 is 4.74 Å². The Morgan fingerprint density at radius 3 is 2.73 bits per heavy atom. The van der Waals surface area contributed by atoms with Crippen molar-refractivity contribution in [1.82, 2.24) is 9.97 Å². The molecular formula is C11H19N3O. The third-order valence-corrected chi connectivity index (χ3v) is 1.96. The molecule has 1 aromatic heterocycles. The second-order valence-corrected chi connectivity index (χ2v) is 3.37. The Kier molecular flexibility index (Phi) is 5.04. The Morgan fingerprint density at radius 1 is 1.33 bits per heavy atom. The number of ether oxygens (including phenoxy) is 1. The molecule has 1 aromatic rings. The molecule has 0 aliphatic rings. The van der Waals surface area contributed by atoms with Crippen molar-refractivity contribution in [2.75, 3.05) is 19.0 Å². The van der Waals surface area contributed by atoms with Gasteiger partial charge in [-0.2, -0.15) is 0 Å². The fourth-order valence-corrected chi connectivity index (χ4v) is 1.40. The molecule has 4 nitrogen and oxygen atoms in total. The van der Waals surface area contributed by atoms with Gasteiger partial charge in [0, 0.05) is 25.4 Å². The summed E-state index contributed by atoms with van der Waals surface area (Å²) in [6.45, 7) is 5.54. The van der Waals surface area contributed by atoms with Crippen LogP contribution in [0.1, 0.15) is 31.8 Å². The van der Waals surface area contributed by atoms with Gasteiger partial charge < -0.3 is 10.1 Å². The molecule has 0 aliphatic heterocycles. The van der Waals surface area contributed by atoms with Crippen LogP contribution in [-0.4, -0.2) is 23.6 Å². The van der Waals surface area contributed by atoms with E-state index in [1.807, 2.05) is 6.07 Å². The minimum Gasteiger partial charge on any atom is -0.377 e. The van der Waals surface area contributed by atoms with Crippen molar-refractivity contribution in [3.05, 3.63) is 17.6 Å². The van der Waals surface area contributed by atoms with Crippen LogP contribution >= 0.6 is 0 Å². The summed E-state index contributed by atoms with van der Waals surface area (Å²) in [4.78, 5) is 8.77. The first kappa shape index (κ1) is 11.9. The molecule has 1 rings (SSSR count). The molecule has 0 fully saturated rings. The van der Waals surface area contributed by atoms with E-state index in [0.29, 0.717) is 6.61 Å². The smallest absolute Gasteiger partial charge is 0.156 e. The lowest BCUT2D eigenvalue weighted by atomic mass is 10.2. The van der Waals surface area contributed by atoms with E-state index in [-0.39, 0.29) is 0 Å². The van der Waals surface area contributed by atoms with Crippen LogP contribution in [0.3, 0.4) is 0 Å². The van der Waals surface area contributed by atoms with Crippen LogP contribution < -0.4 is 5.32 Å². The highest BCUT2D eigenvalue weighted by atomic mass is 16.5. The molecule has 4 heteroatoms. The Morgan fingerprint density at radius 2 is 2.13 bits per heavy atom. The van der Waals surface area contributed by atoms with Crippen molar-refractivity contribution in [2.45, 2.75) is 33.3 Å². The number of anilines is 1. The lowest BCUT2D eigenvalue weighted by Gasteiger charge is -2.07. The van der Waals surface area contributed by atoms with Crippen molar-refractivity contribution in [3.8, 4) is 0 Å². The van der Waals surface area contributed by atoms with Gasteiger partial charge in [-0.15, -0.1) is 0 Å². The minimum absolute atomic E-state index is 0.468. The standard InChI is InChI=1S/C11H19N3O/c1-4-6-9-7-10(12-5-2)14-11(13-9)8-15-3/h7H,4-6,8H2,1-3H3,(H,12,13,14). The first-order chi connectivity index (χ1) is 7.30. The van der Waals surface area contributed by atoms with Crippen LogP contribution in [0.15, 0.2) is 6.07 Å². The number of hydrogen-bond acceptors (Lipinski definition) is 4. The molecule has 0 radical (unpaired) electrons. The van der Waals surface area contributed by atoms with E-state index in [2.05, 4.69) is 29.1 Å². The van der Waals surface area contributed by atoms with Crippen LogP contribution in [0.5, 0.6) is 0 Å². The summed E-state index contributed by atoms with van der Waals surface area (Å²) in [5.74, 6) is 1.64. The number of aromatic nitrogens is 2. The van der Waals surface area contributed by atoms with Crippen molar-refractivity contribution in [3.63, 3.8) is 0 Å². The molecule has 0 spiro atoms. The van der Waals surface area contributed by atoms with Gasteiger partial charge in [0.1, 0.15) is 12.4 Å². The molecular weight excluding hydrogens is 190 g/mol. The molecule has 0 saturated heterocycles. The normalized spacial score (nSPS) is 10.3.